The predicted molar refractivity (Wildman–Crippen MR) is 139 cm³/mol. The molecule has 2 saturated heterocycles. The number of hydrogen-bond donors (Lipinski definition) is 1. The van der Waals surface area contributed by atoms with E-state index in [2.05, 4.69) is 22.1 Å². The molecule has 38 heavy (non-hydrogen) atoms. The Morgan fingerprint density at radius 3 is 2.71 bits per heavy atom. The largest absolute Gasteiger partial charge is 0.444 e. The molecule has 3 aliphatic heterocycles. The summed E-state index contributed by atoms with van der Waals surface area (Å²) in [5.41, 5.74) is -1.85. The smallest absolute Gasteiger partial charge is 0.407 e. The van der Waals surface area contributed by atoms with E-state index in [9.17, 15) is 18.8 Å². The first-order valence-electron chi connectivity index (χ1n) is 12.6. The van der Waals surface area contributed by atoms with Gasteiger partial charge in [0.05, 0.1) is 6.54 Å². The number of alkyl carbamates (subject to hydrolysis) is 1. The molecule has 0 saturated carbocycles. The molecule has 3 atom stereocenters. The quantitative estimate of drug-likeness (QED) is 0.475. The van der Waals surface area contributed by atoms with Crippen LogP contribution in [0.4, 0.5) is 19.8 Å². The summed E-state index contributed by atoms with van der Waals surface area (Å²) in [7, 11) is 1.56. The van der Waals surface area contributed by atoms with E-state index in [1.165, 1.54) is 17.0 Å². The van der Waals surface area contributed by atoms with E-state index in [0.29, 0.717) is 19.0 Å². The average molecular weight is 528 g/mol. The van der Waals surface area contributed by atoms with Crippen molar-refractivity contribution in [3.8, 4) is 11.8 Å². The van der Waals surface area contributed by atoms with Crippen LogP contribution < -0.4 is 10.2 Å². The van der Waals surface area contributed by atoms with Crippen LogP contribution in [0.1, 0.15) is 47.5 Å². The van der Waals surface area contributed by atoms with Crippen LogP contribution in [0, 0.1) is 17.8 Å². The minimum atomic E-state index is -1.23. The van der Waals surface area contributed by atoms with Gasteiger partial charge in [-0.05, 0) is 59.6 Å². The van der Waals surface area contributed by atoms with Gasteiger partial charge < -0.3 is 19.9 Å². The second kappa shape index (κ2) is 10.1. The number of guanidine groups is 1. The van der Waals surface area contributed by atoms with Crippen molar-refractivity contribution in [3.63, 3.8) is 0 Å². The van der Waals surface area contributed by atoms with Crippen LogP contribution in [0.25, 0.3) is 0 Å². The van der Waals surface area contributed by atoms with Gasteiger partial charge in [0.2, 0.25) is 11.9 Å². The van der Waals surface area contributed by atoms with Gasteiger partial charge in [0.1, 0.15) is 11.4 Å². The summed E-state index contributed by atoms with van der Waals surface area (Å²) in [6, 6.07) is 2.20. The lowest BCUT2D eigenvalue weighted by molar-refractivity contribution is -0.127. The first-order chi connectivity index (χ1) is 17.9. The SMILES string of the molecule is CC#CCN1C(N2CCC[C@@H](NC(=O)OC(C)(C)C)C2)=NC2(C)C1C(=O)N(c1cccc(F)n1)C(=O)N2C. The molecule has 11 nitrogen and oxygen atoms in total. The highest BCUT2D eigenvalue weighted by atomic mass is 19.1. The van der Waals surface area contributed by atoms with E-state index in [0.717, 1.165) is 23.8 Å². The first kappa shape index (κ1) is 27.2. The lowest BCUT2D eigenvalue weighted by Gasteiger charge is -2.46. The fraction of sp³-hybridized carbons (Fsp3) is 0.577. The Labute approximate surface area is 222 Å². The van der Waals surface area contributed by atoms with Crippen LogP contribution in [0.3, 0.4) is 0 Å². The normalized spacial score (nSPS) is 25.5. The van der Waals surface area contributed by atoms with Crippen LogP contribution in [0.5, 0.6) is 0 Å². The molecule has 0 spiro atoms. The van der Waals surface area contributed by atoms with E-state index >= 15 is 0 Å². The summed E-state index contributed by atoms with van der Waals surface area (Å²) in [6.07, 6.45) is 1.04. The highest BCUT2D eigenvalue weighted by Gasteiger charge is 2.61. The maximum atomic E-state index is 13.9. The third-order valence-corrected chi connectivity index (χ3v) is 6.81. The first-order valence-corrected chi connectivity index (χ1v) is 12.6. The highest BCUT2D eigenvalue weighted by Crippen LogP contribution is 2.39. The molecule has 204 valence electrons. The van der Waals surface area contributed by atoms with Gasteiger partial charge in [-0.25, -0.2) is 24.5 Å². The van der Waals surface area contributed by atoms with Crippen molar-refractivity contribution < 1.29 is 23.5 Å². The van der Waals surface area contributed by atoms with Crippen molar-refractivity contribution in [1.29, 1.82) is 0 Å². The molecule has 0 radical (unpaired) electrons. The second-order valence-corrected chi connectivity index (χ2v) is 10.7. The molecule has 3 aliphatic rings. The number of halogens is 1. The Morgan fingerprint density at radius 2 is 2.05 bits per heavy atom. The van der Waals surface area contributed by atoms with E-state index in [1.807, 2.05) is 4.90 Å². The molecule has 2 fully saturated rings. The zero-order valence-corrected chi connectivity index (χ0v) is 22.6. The maximum absolute atomic E-state index is 13.9. The number of piperidine rings is 1. The molecular formula is C26H34FN7O4. The van der Waals surface area contributed by atoms with Crippen LogP contribution in [0.15, 0.2) is 23.2 Å². The summed E-state index contributed by atoms with van der Waals surface area (Å²) in [6.45, 7) is 10.1. The molecule has 4 rings (SSSR count). The van der Waals surface area contributed by atoms with Crippen LogP contribution in [-0.4, -0.2) is 93.7 Å². The van der Waals surface area contributed by atoms with Gasteiger partial charge in [-0.2, -0.15) is 4.39 Å². The lowest BCUT2D eigenvalue weighted by Crippen LogP contribution is -2.71. The molecule has 1 N–H and O–H groups in total. The number of aliphatic imine (C=N–C) groups is 1. The van der Waals surface area contributed by atoms with E-state index < -0.39 is 41.3 Å². The number of carbonyl (C=O) groups excluding carboxylic acids is 3. The maximum Gasteiger partial charge on any atom is 0.407 e. The fourth-order valence-corrected chi connectivity index (χ4v) is 4.99. The Balaban J connectivity index is 1.65. The van der Waals surface area contributed by atoms with Crippen molar-refractivity contribution >= 4 is 29.8 Å². The number of likely N-dealkylation sites (N-methyl/N-ethyl adjacent to an activating group) is 1. The minimum Gasteiger partial charge on any atom is -0.444 e. The second-order valence-electron chi connectivity index (χ2n) is 10.7. The number of fused-ring (bicyclic) bond motifs is 1. The molecule has 0 aromatic carbocycles. The van der Waals surface area contributed by atoms with Crippen molar-refractivity contribution in [3.05, 3.63) is 24.1 Å². The third-order valence-electron chi connectivity index (χ3n) is 6.81. The number of carbonyl (C=O) groups is 3. The number of nitrogens with zero attached hydrogens (tertiary/aromatic N) is 6. The number of hydrogen-bond acceptors (Lipinski definition) is 8. The number of imide groups is 1. The monoisotopic (exact) mass is 527 g/mol. The van der Waals surface area contributed by atoms with Crippen LogP contribution in [-0.2, 0) is 9.53 Å². The van der Waals surface area contributed by atoms with E-state index in [-0.39, 0.29) is 18.4 Å². The number of pyridine rings is 1. The summed E-state index contributed by atoms with van der Waals surface area (Å²) < 4.78 is 19.3. The van der Waals surface area contributed by atoms with Gasteiger partial charge in [0.15, 0.2) is 11.7 Å². The number of aromatic nitrogens is 1. The summed E-state index contributed by atoms with van der Waals surface area (Å²) in [5, 5.41) is 2.93. The standard InChI is InChI=1S/C26H34FN7O4/c1-7-8-15-33-20-21(35)34(19-13-9-12-18(27)29-19)24(37)31(6)26(20,5)30-22(33)32-14-10-11-17(16-32)28-23(36)38-25(2,3)4/h9,12-13,17,20H,10-11,14-16H2,1-6H3,(H,28,36)/t17-,20?,26?/m1/s1. The van der Waals surface area contributed by atoms with E-state index in [1.54, 1.807) is 46.6 Å². The molecule has 1 aromatic heterocycles. The van der Waals surface area contributed by atoms with E-state index in [4.69, 9.17) is 9.73 Å². The van der Waals surface area contributed by atoms with Gasteiger partial charge in [-0.15, -0.1) is 5.92 Å². The van der Waals surface area contributed by atoms with Crippen molar-refractivity contribution in [1.82, 2.24) is 25.0 Å². The van der Waals surface area contributed by atoms with Gasteiger partial charge in [-0.1, -0.05) is 12.0 Å². The molecule has 0 aliphatic carbocycles. The van der Waals surface area contributed by atoms with Crippen molar-refractivity contribution in [2.75, 3.05) is 31.6 Å². The Hall–Kier alpha value is -3.88. The van der Waals surface area contributed by atoms with Gasteiger partial charge in [0.25, 0.3) is 5.91 Å². The lowest BCUT2D eigenvalue weighted by atomic mass is 9.97. The Bertz CT molecular complexity index is 1220. The Morgan fingerprint density at radius 1 is 1.32 bits per heavy atom. The summed E-state index contributed by atoms with van der Waals surface area (Å²) in [4.78, 5) is 54.4. The number of rotatable bonds is 3. The molecular weight excluding hydrogens is 493 g/mol. The molecule has 4 amide bonds. The number of nitrogens with one attached hydrogen (secondary N) is 1. The molecule has 2 unspecified atom stereocenters. The number of ether oxygens (including phenoxy) is 1. The average Bonchev–Trinajstić information content (AvgIpc) is 3.14. The fourth-order valence-electron chi connectivity index (χ4n) is 4.99. The number of anilines is 1. The van der Waals surface area contributed by atoms with Crippen molar-refractivity contribution in [2.45, 2.75) is 70.8 Å². The predicted octanol–water partition coefficient (Wildman–Crippen LogP) is 2.39. The van der Waals surface area contributed by atoms with Gasteiger partial charge >= 0.3 is 12.1 Å². The molecule has 1 aromatic rings. The van der Waals surface area contributed by atoms with Gasteiger partial charge in [-0.3, -0.25) is 9.69 Å². The van der Waals surface area contributed by atoms with Crippen LogP contribution in [0.2, 0.25) is 0 Å². The third kappa shape index (κ3) is 5.10. The summed E-state index contributed by atoms with van der Waals surface area (Å²) >= 11 is 0. The number of likely N-dealkylation sites (tertiary alicyclic amines) is 1. The molecule has 0 bridgehead atoms. The molecule has 4 heterocycles. The number of urea groups is 1. The zero-order chi connectivity index (χ0) is 27.8. The highest BCUT2D eigenvalue weighted by molar-refractivity contribution is 6.19. The Kier molecular flexibility index (Phi) is 7.23. The van der Waals surface area contributed by atoms with Crippen LogP contribution >= 0.6 is 0 Å². The zero-order valence-electron chi connectivity index (χ0n) is 22.6. The van der Waals surface area contributed by atoms with Gasteiger partial charge in [0, 0.05) is 26.2 Å². The minimum absolute atomic E-state index is 0.0940. The molecule has 12 heteroatoms. The number of amides is 4. The topological polar surface area (TPSA) is 111 Å². The van der Waals surface area contributed by atoms with Crippen molar-refractivity contribution in [2.24, 2.45) is 4.99 Å². The summed E-state index contributed by atoms with van der Waals surface area (Å²) in [5.74, 6) is 4.94.